The number of aromatic hydroxyl groups is 1. The monoisotopic (exact) mass is 322 g/mol. The summed E-state index contributed by atoms with van der Waals surface area (Å²) >= 11 is 5.85. The van der Waals surface area contributed by atoms with E-state index in [9.17, 15) is 9.90 Å². The second-order valence-corrected chi connectivity index (χ2v) is 6.90. The van der Waals surface area contributed by atoms with Crippen LogP contribution >= 0.6 is 11.6 Å². The molecule has 2 atom stereocenters. The summed E-state index contributed by atoms with van der Waals surface area (Å²) in [5.74, 6) is 0.438. The lowest BCUT2D eigenvalue weighted by Crippen LogP contribution is -2.44. The van der Waals surface area contributed by atoms with Gasteiger partial charge in [-0.05, 0) is 49.9 Å². The van der Waals surface area contributed by atoms with Crippen LogP contribution in [0.25, 0.3) is 0 Å². The summed E-state index contributed by atoms with van der Waals surface area (Å²) in [4.78, 5) is 17.2. The summed E-state index contributed by atoms with van der Waals surface area (Å²) in [6.45, 7) is 5.95. The second kappa shape index (κ2) is 6.47. The molecule has 0 spiro atoms. The summed E-state index contributed by atoms with van der Waals surface area (Å²) in [7, 11) is 0. The maximum absolute atomic E-state index is 12.8. The molecule has 1 aromatic carbocycles. The minimum Gasteiger partial charge on any atom is -0.507 e. The number of benzene rings is 1. The molecular formula is C17H23ClN2O2. The molecule has 3 saturated heterocycles. The van der Waals surface area contributed by atoms with Crippen molar-refractivity contribution in [3.63, 3.8) is 0 Å². The Bertz CT molecular complexity index is 564. The van der Waals surface area contributed by atoms with Crippen LogP contribution in [0.1, 0.15) is 36.5 Å². The van der Waals surface area contributed by atoms with Crippen LogP contribution in [0, 0.1) is 5.92 Å². The number of hydrogen-bond donors (Lipinski definition) is 1. The zero-order chi connectivity index (χ0) is 15.7. The maximum Gasteiger partial charge on any atom is 0.257 e. The van der Waals surface area contributed by atoms with E-state index in [0.717, 1.165) is 32.6 Å². The molecule has 3 heterocycles. The number of fused-ring (bicyclic) bond motifs is 4. The van der Waals surface area contributed by atoms with Crippen molar-refractivity contribution in [1.82, 2.24) is 9.80 Å². The Labute approximate surface area is 136 Å². The molecule has 2 bridgehead atoms. The molecule has 0 aromatic heterocycles. The Balaban J connectivity index is 1.79. The number of nitrogens with zero attached hydrogens (tertiary/aromatic N) is 2. The lowest BCUT2D eigenvalue weighted by atomic mass is 9.95. The van der Waals surface area contributed by atoms with Crippen LogP contribution in [0.2, 0.25) is 5.02 Å². The fraction of sp³-hybridized carbons (Fsp3) is 0.588. The number of carbonyl (C=O) groups excluding carboxylic acids is 1. The van der Waals surface area contributed by atoms with Gasteiger partial charge < -0.3 is 10.0 Å². The number of phenolic OH excluding ortho intramolecular Hbond substituents is 1. The van der Waals surface area contributed by atoms with Crippen molar-refractivity contribution in [1.29, 1.82) is 0 Å². The molecular weight excluding hydrogens is 300 g/mol. The van der Waals surface area contributed by atoms with Gasteiger partial charge in [-0.1, -0.05) is 18.5 Å². The van der Waals surface area contributed by atoms with Crippen molar-refractivity contribution in [2.45, 2.75) is 32.2 Å². The van der Waals surface area contributed by atoms with Gasteiger partial charge in [-0.15, -0.1) is 0 Å². The Kier molecular flexibility index (Phi) is 4.59. The first kappa shape index (κ1) is 15.6. The second-order valence-electron chi connectivity index (χ2n) is 6.46. The summed E-state index contributed by atoms with van der Waals surface area (Å²) in [5.41, 5.74) is 0.354. The molecule has 3 fully saturated rings. The molecule has 22 heavy (non-hydrogen) atoms. The average molecular weight is 323 g/mol. The SMILES string of the molecule is CCCN1C[C@H]2CC[C@@H]1CN(C(=O)c1ccc(Cl)cc1O)C2. The highest BCUT2D eigenvalue weighted by atomic mass is 35.5. The van der Waals surface area contributed by atoms with E-state index < -0.39 is 0 Å². The largest absolute Gasteiger partial charge is 0.507 e. The van der Waals surface area contributed by atoms with Gasteiger partial charge in [0.15, 0.2) is 0 Å². The van der Waals surface area contributed by atoms with Crippen molar-refractivity contribution in [2.24, 2.45) is 5.92 Å². The number of halogens is 1. The zero-order valence-electron chi connectivity index (χ0n) is 13.0. The number of rotatable bonds is 3. The molecule has 120 valence electrons. The van der Waals surface area contributed by atoms with Gasteiger partial charge in [0.2, 0.25) is 0 Å². The van der Waals surface area contributed by atoms with E-state index in [1.54, 1.807) is 12.1 Å². The van der Waals surface area contributed by atoms with Crippen molar-refractivity contribution in [3.05, 3.63) is 28.8 Å². The van der Waals surface area contributed by atoms with E-state index in [1.807, 2.05) is 4.90 Å². The summed E-state index contributed by atoms with van der Waals surface area (Å²) in [6.07, 6.45) is 3.51. The van der Waals surface area contributed by atoms with Crippen LogP contribution in [0.4, 0.5) is 0 Å². The molecule has 1 N–H and O–H groups in total. The van der Waals surface area contributed by atoms with Crippen LogP contribution in [-0.2, 0) is 0 Å². The number of piperidine rings is 1. The van der Waals surface area contributed by atoms with Gasteiger partial charge >= 0.3 is 0 Å². The van der Waals surface area contributed by atoms with Gasteiger partial charge in [0.05, 0.1) is 5.56 Å². The molecule has 3 aliphatic rings. The smallest absolute Gasteiger partial charge is 0.257 e. The van der Waals surface area contributed by atoms with Gasteiger partial charge in [-0.2, -0.15) is 0 Å². The van der Waals surface area contributed by atoms with Gasteiger partial charge in [0, 0.05) is 30.7 Å². The normalized spacial score (nSPS) is 25.3. The van der Waals surface area contributed by atoms with Crippen molar-refractivity contribution in [3.8, 4) is 5.75 Å². The Morgan fingerprint density at radius 3 is 2.86 bits per heavy atom. The quantitative estimate of drug-likeness (QED) is 0.930. The average Bonchev–Trinajstić information content (AvgIpc) is 2.79. The Morgan fingerprint density at radius 1 is 1.32 bits per heavy atom. The fourth-order valence-corrected chi connectivity index (χ4v) is 3.93. The first-order valence-electron chi connectivity index (χ1n) is 8.10. The summed E-state index contributed by atoms with van der Waals surface area (Å²) in [5, 5.41) is 10.4. The number of carbonyl (C=O) groups is 1. The third-order valence-corrected chi connectivity index (χ3v) is 5.05. The summed E-state index contributed by atoms with van der Waals surface area (Å²) < 4.78 is 0. The predicted molar refractivity (Wildman–Crippen MR) is 87.4 cm³/mol. The molecule has 0 radical (unpaired) electrons. The number of phenols is 1. The van der Waals surface area contributed by atoms with Crippen molar-refractivity contribution < 1.29 is 9.90 Å². The first-order chi connectivity index (χ1) is 10.6. The number of amides is 1. The molecule has 0 saturated carbocycles. The maximum atomic E-state index is 12.8. The van der Waals surface area contributed by atoms with E-state index in [-0.39, 0.29) is 11.7 Å². The van der Waals surface area contributed by atoms with Crippen LogP contribution in [-0.4, -0.2) is 53.0 Å². The summed E-state index contributed by atoms with van der Waals surface area (Å²) in [6, 6.07) is 5.17. The fourth-order valence-electron chi connectivity index (χ4n) is 3.76. The van der Waals surface area contributed by atoms with E-state index in [1.165, 1.54) is 18.9 Å². The van der Waals surface area contributed by atoms with E-state index in [2.05, 4.69) is 11.8 Å². The molecule has 4 nitrogen and oxygen atoms in total. The van der Waals surface area contributed by atoms with Gasteiger partial charge in [-0.3, -0.25) is 9.69 Å². The molecule has 5 heteroatoms. The Morgan fingerprint density at radius 2 is 2.14 bits per heavy atom. The highest BCUT2D eigenvalue weighted by Crippen LogP contribution is 2.30. The van der Waals surface area contributed by atoms with Crippen LogP contribution in [0.15, 0.2) is 18.2 Å². The Hall–Kier alpha value is -1.26. The predicted octanol–water partition coefficient (Wildman–Crippen LogP) is 2.99. The topological polar surface area (TPSA) is 43.8 Å². The third-order valence-electron chi connectivity index (χ3n) is 4.82. The zero-order valence-corrected chi connectivity index (χ0v) is 13.7. The van der Waals surface area contributed by atoms with E-state index >= 15 is 0 Å². The van der Waals surface area contributed by atoms with Gasteiger partial charge in [-0.25, -0.2) is 0 Å². The molecule has 0 aliphatic carbocycles. The molecule has 1 amide bonds. The molecule has 3 aliphatic heterocycles. The molecule has 1 aromatic rings. The first-order valence-corrected chi connectivity index (χ1v) is 8.48. The van der Waals surface area contributed by atoms with Gasteiger partial charge in [0.25, 0.3) is 5.91 Å². The van der Waals surface area contributed by atoms with Crippen molar-refractivity contribution in [2.75, 3.05) is 26.2 Å². The molecule has 0 unspecified atom stereocenters. The van der Waals surface area contributed by atoms with Gasteiger partial charge in [0.1, 0.15) is 5.75 Å². The minimum atomic E-state index is -0.0792. The molecule has 4 rings (SSSR count). The number of hydrogen-bond acceptors (Lipinski definition) is 3. The third kappa shape index (κ3) is 3.08. The minimum absolute atomic E-state index is 0.0282. The van der Waals surface area contributed by atoms with E-state index in [4.69, 9.17) is 11.6 Å². The van der Waals surface area contributed by atoms with Crippen molar-refractivity contribution >= 4 is 17.5 Å². The van der Waals surface area contributed by atoms with Crippen LogP contribution < -0.4 is 0 Å². The highest BCUT2D eigenvalue weighted by Gasteiger charge is 2.36. The van der Waals surface area contributed by atoms with Crippen LogP contribution in [0.3, 0.4) is 0 Å². The lowest BCUT2D eigenvalue weighted by molar-refractivity contribution is 0.0735. The lowest BCUT2D eigenvalue weighted by Gasteiger charge is -2.35. The van der Waals surface area contributed by atoms with Crippen LogP contribution in [0.5, 0.6) is 5.75 Å². The standard InChI is InChI=1S/C17H23ClN2O2/c1-2-7-19-9-12-3-5-14(19)11-20(10-12)17(22)15-6-4-13(18)8-16(15)21/h4,6,8,12,14,21H,2-3,5,7,9-11H2,1H3/t12-,14-/m1/s1. The van der Waals surface area contributed by atoms with E-state index in [0.29, 0.717) is 22.5 Å². The highest BCUT2D eigenvalue weighted by molar-refractivity contribution is 6.30.